The van der Waals surface area contributed by atoms with Gasteiger partial charge in [-0.2, -0.15) is 0 Å². The Morgan fingerprint density at radius 1 is 1.67 bits per heavy atom. The van der Waals surface area contributed by atoms with E-state index in [9.17, 15) is 4.79 Å². The highest BCUT2D eigenvalue weighted by atomic mass is 16.5. The van der Waals surface area contributed by atoms with Gasteiger partial charge in [0.25, 0.3) is 5.91 Å². The van der Waals surface area contributed by atoms with E-state index in [0.29, 0.717) is 6.54 Å². The maximum Gasteiger partial charge on any atom is 0.271 e. The molecule has 1 heterocycles. The van der Waals surface area contributed by atoms with Gasteiger partial charge in [-0.05, 0) is 6.92 Å². The van der Waals surface area contributed by atoms with E-state index in [2.05, 4.69) is 15.3 Å². The number of nitrogens with one attached hydrogen (secondary N) is 1. The van der Waals surface area contributed by atoms with Crippen LogP contribution >= 0.6 is 0 Å². The van der Waals surface area contributed by atoms with Gasteiger partial charge in [-0.25, -0.2) is 4.98 Å². The van der Waals surface area contributed by atoms with Crippen LogP contribution in [0.3, 0.4) is 0 Å². The molecule has 0 saturated heterocycles. The van der Waals surface area contributed by atoms with Gasteiger partial charge in [-0.15, -0.1) is 0 Å². The molecule has 3 N–H and O–H groups in total. The molecule has 1 aromatic rings. The molecule has 1 unspecified atom stereocenters. The maximum atomic E-state index is 11.5. The topological polar surface area (TPSA) is 90.1 Å². The Labute approximate surface area is 87.9 Å². The van der Waals surface area contributed by atoms with Crippen LogP contribution in [0.25, 0.3) is 0 Å². The molecular formula is C9H14N4O2. The van der Waals surface area contributed by atoms with E-state index in [1.165, 1.54) is 12.4 Å². The van der Waals surface area contributed by atoms with E-state index in [0.717, 1.165) is 0 Å². The van der Waals surface area contributed by atoms with Crippen molar-refractivity contribution in [3.05, 3.63) is 18.1 Å². The summed E-state index contributed by atoms with van der Waals surface area (Å²) in [6.45, 7) is 2.27. The summed E-state index contributed by atoms with van der Waals surface area (Å²) in [5, 5.41) is 2.65. The van der Waals surface area contributed by atoms with Crippen molar-refractivity contribution in [1.29, 1.82) is 0 Å². The van der Waals surface area contributed by atoms with E-state index in [1.54, 1.807) is 7.11 Å². The fourth-order valence-electron chi connectivity index (χ4n) is 0.901. The van der Waals surface area contributed by atoms with Crippen molar-refractivity contribution >= 4 is 11.7 Å². The van der Waals surface area contributed by atoms with Crippen LogP contribution in [-0.4, -0.2) is 35.6 Å². The normalized spacial score (nSPS) is 12.1. The number of aromatic nitrogens is 2. The average Bonchev–Trinajstić information content (AvgIpc) is 2.25. The Balaban J connectivity index is 2.54. The summed E-state index contributed by atoms with van der Waals surface area (Å²) in [6, 6.07) is 0. The van der Waals surface area contributed by atoms with Crippen LogP contribution in [0.5, 0.6) is 0 Å². The summed E-state index contributed by atoms with van der Waals surface area (Å²) < 4.78 is 4.98. The number of anilines is 1. The number of hydrogen-bond donors (Lipinski definition) is 2. The fourth-order valence-corrected chi connectivity index (χ4v) is 0.901. The predicted molar refractivity (Wildman–Crippen MR) is 55.2 cm³/mol. The van der Waals surface area contributed by atoms with Gasteiger partial charge >= 0.3 is 0 Å². The van der Waals surface area contributed by atoms with E-state index in [1.807, 2.05) is 6.92 Å². The zero-order chi connectivity index (χ0) is 11.3. The quantitative estimate of drug-likeness (QED) is 0.719. The SMILES string of the molecule is COC(C)CNC(=O)c1cncc(N)n1. The van der Waals surface area contributed by atoms with Crippen LogP contribution in [-0.2, 0) is 4.74 Å². The van der Waals surface area contributed by atoms with Gasteiger partial charge in [0.1, 0.15) is 11.5 Å². The zero-order valence-electron chi connectivity index (χ0n) is 8.73. The van der Waals surface area contributed by atoms with Crippen LogP contribution in [0.2, 0.25) is 0 Å². The van der Waals surface area contributed by atoms with Gasteiger partial charge in [0.2, 0.25) is 0 Å². The Morgan fingerprint density at radius 2 is 2.40 bits per heavy atom. The Bertz CT molecular complexity index is 343. The monoisotopic (exact) mass is 210 g/mol. The van der Waals surface area contributed by atoms with Crippen LogP contribution in [0.4, 0.5) is 5.82 Å². The first-order valence-corrected chi connectivity index (χ1v) is 4.52. The van der Waals surface area contributed by atoms with Gasteiger partial charge in [-0.1, -0.05) is 0 Å². The third kappa shape index (κ3) is 3.51. The lowest BCUT2D eigenvalue weighted by molar-refractivity contribution is 0.0866. The Kier molecular flexibility index (Phi) is 3.99. The van der Waals surface area contributed by atoms with Gasteiger partial charge in [0.15, 0.2) is 0 Å². The molecule has 1 amide bonds. The molecule has 1 rings (SSSR count). The molecule has 1 aromatic heterocycles. The maximum absolute atomic E-state index is 11.5. The number of ether oxygens (including phenoxy) is 1. The first-order valence-electron chi connectivity index (χ1n) is 4.52. The van der Waals surface area contributed by atoms with Crippen LogP contribution in [0, 0.1) is 0 Å². The summed E-state index contributed by atoms with van der Waals surface area (Å²) in [7, 11) is 1.58. The number of rotatable bonds is 4. The second-order valence-electron chi connectivity index (χ2n) is 3.09. The minimum absolute atomic E-state index is 0.0389. The molecule has 82 valence electrons. The minimum atomic E-state index is -0.307. The molecule has 0 radical (unpaired) electrons. The highest BCUT2D eigenvalue weighted by molar-refractivity contribution is 5.92. The molecule has 6 heteroatoms. The van der Waals surface area contributed by atoms with Crippen molar-refractivity contribution in [3.63, 3.8) is 0 Å². The highest BCUT2D eigenvalue weighted by Crippen LogP contribution is 1.97. The van der Waals surface area contributed by atoms with Crippen LogP contribution in [0.15, 0.2) is 12.4 Å². The van der Waals surface area contributed by atoms with Crippen LogP contribution in [0.1, 0.15) is 17.4 Å². The molecule has 0 bridgehead atoms. The zero-order valence-corrected chi connectivity index (χ0v) is 8.73. The van der Waals surface area contributed by atoms with Crippen molar-refractivity contribution < 1.29 is 9.53 Å². The lowest BCUT2D eigenvalue weighted by atomic mass is 10.3. The molecule has 0 aliphatic carbocycles. The molecule has 0 aliphatic rings. The average molecular weight is 210 g/mol. The third-order valence-electron chi connectivity index (χ3n) is 1.84. The fraction of sp³-hybridized carbons (Fsp3) is 0.444. The predicted octanol–water partition coefficient (Wildman–Crippen LogP) is -0.177. The molecule has 0 aromatic carbocycles. The number of methoxy groups -OCH3 is 1. The molecule has 1 atom stereocenters. The molecule has 0 aliphatic heterocycles. The summed E-state index contributed by atoms with van der Waals surface area (Å²) in [6.07, 6.45) is 2.71. The first kappa shape index (κ1) is 11.4. The number of amides is 1. The lowest BCUT2D eigenvalue weighted by Gasteiger charge is -2.10. The molecule has 0 fully saturated rings. The van der Waals surface area contributed by atoms with Crippen molar-refractivity contribution in [3.8, 4) is 0 Å². The molecule has 6 nitrogen and oxygen atoms in total. The van der Waals surface area contributed by atoms with Crippen molar-refractivity contribution in [1.82, 2.24) is 15.3 Å². The standard InChI is InChI=1S/C9H14N4O2/c1-6(15-2)3-12-9(14)7-4-11-5-8(10)13-7/h4-6H,3H2,1-2H3,(H2,10,13)(H,12,14). The summed E-state index contributed by atoms with van der Waals surface area (Å²) >= 11 is 0. The van der Waals surface area contributed by atoms with E-state index in [-0.39, 0.29) is 23.5 Å². The Hall–Kier alpha value is -1.69. The number of nitrogen functional groups attached to an aromatic ring is 1. The summed E-state index contributed by atoms with van der Waals surface area (Å²) in [5.41, 5.74) is 5.61. The van der Waals surface area contributed by atoms with Crippen LogP contribution < -0.4 is 11.1 Å². The first-order chi connectivity index (χ1) is 7.13. The second kappa shape index (κ2) is 5.26. The molecular weight excluding hydrogens is 196 g/mol. The van der Waals surface area contributed by atoms with Gasteiger partial charge in [0.05, 0.1) is 18.5 Å². The van der Waals surface area contributed by atoms with Gasteiger partial charge in [0, 0.05) is 13.7 Å². The van der Waals surface area contributed by atoms with E-state index >= 15 is 0 Å². The van der Waals surface area contributed by atoms with Crippen molar-refractivity contribution in [2.45, 2.75) is 13.0 Å². The summed E-state index contributed by atoms with van der Waals surface area (Å²) in [4.78, 5) is 19.1. The smallest absolute Gasteiger partial charge is 0.271 e. The van der Waals surface area contributed by atoms with E-state index < -0.39 is 0 Å². The minimum Gasteiger partial charge on any atom is -0.382 e. The highest BCUT2D eigenvalue weighted by Gasteiger charge is 2.09. The Morgan fingerprint density at radius 3 is 3.00 bits per heavy atom. The lowest BCUT2D eigenvalue weighted by Crippen LogP contribution is -2.32. The number of hydrogen-bond acceptors (Lipinski definition) is 5. The summed E-state index contributed by atoms with van der Waals surface area (Å²) in [5.74, 6) is -0.0823. The molecule has 0 saturated carbocycles. The third-order valence-corrected chi connectivity index (χ3v) is 1.84. The number of carbonyl (C=O) groups is 1. The molecule has 0 spiro atoms. The largest absolute Gasteiger partial charge is 0.382 e. The van der Waals surface area contributed by atoms with Crippen molar-refractivity contribution in [2.75, 3.05) is 19.4 Å². The van der Waals surface area contributed by atoms with Gasteiger partial charge in [-0.3, -0.25) is 9.78 Å². The van der Waals surface area contributed by atoms with E-state index in [4.69, 9.17) is 10.5 Å². The number of carbonyl (C=O) groups excluding carboxylic acids is 1. The molecule has 15 heavy (non-hydrogen) atoms. The van der Waals surface area contributed by atoms with Crippen molar-refractivity contribution in [2.24, 2.45) is 0 Å². The number of nitrogens with two attached hydrogens (primary N) is 1. The second-order valence-corrected chi connectivity index (χ2v) is 3.09. The number of nitrogens with zero attached hydrogens (tertiary/aromatic N) is 2. The van der Waals surface area contributed by atoms with Gasteiger partial charge < -0.3 is 15.8 Å².